The number of anilines is 2. The van der Waals surface area contributed by atoms with Crippen molar-refractivity contribution < 1.29 is 31.1 Å². The molecule has 4 heterocycles. The Balaban J connectivity index is 1.33. The Morgan fingerprint density at radius 1 is 0.940 bits per heavy atom. The van der Waals surface area contributed by atoms with E-state index in [4.69, 9.17) is 4.74 Å². The number of ether oxygens (including phenoxy) is 1. The second-order valence-electron chi connectivity index (χ2n) is 14.1. The second-order valence-corrected chi connectivity index (χ2v) is 15.8. The summed E-state index contributed by atoms with van der Waals surface area (Å²) in [5, 5.41) is 4.59. The number of nitrogens with one attached hydrogen (secondary N) is 1. The Hall–Kier alpha value is -4.63. The van der Waals surface area contributed by atoms with Gasteiger partial charge in [0.1, 0.15) is 22.8 Å². The van der Waals surface area contributed by atoms with Crippen molar-refractivity contribution in [3.8, 4) is 28.1 Å². The van der Waals surface area contributed by atoms with Crippen LogP contribution in [0.25, 0.3) is 28.1 Å². The number of amides is 1. The average molecular weight is 712 g/mol. The van der Waals surface area contributed by atoms with Gasteiger partial charge in [-0.15, -0.1) is 0 Å². The lowest BCUT2D eigenvalue weighted by molar-refractivity contribution is 0.000361. The van der Waals surface area contributed by atoms with Gasteiger partial charge in [-0.05, 0) is 83.9 Å². The van der Waals surface area contributed by atoms with E-state index in [1.54, 1.807) is 29.2 Å². The molecule has 50 heavy (non-hydrogen) atoms. The van der Waals surface area contributed by atoms with Gasteiger partial charge in [-0.1, -0.05) is 0 Å². The number of aromatic nitrogens is 3. The highest BCUT2D eigenvalue weighted by Gasteiger charge is 2.39. The van der Waals surface area contributed by atoms with Crippen LogP contribution in [-0.4, -0.2) is 82.3 Å². The first kappa shape index (κ1) is 35.2. The third-order valence-corrected chi connectivity index (χ3v) is 10.2. The lowest BCUT2D eigenvalue weighted by Crippen LogP contribution is -2.61. The molecule has 1 amide bonds. The van der Waals surface area contributed by atoms with Crippen LogP contribution in [0.3, 0.4) is 0 Å². The van der Waals surface area contributed by atoms with Gasteiger partial charge >= 0.3 is 16.3 Å². The van der Waals surface area contributed by atoms with E-state index in [0.29, 0.717) is 43.7 Å². The number of hydrogen-bond acceptors (Lipinski definition) is 7. The second kappa shape index (κ2) is 13.2. The molecule has 0 aliphatic carbocycles. The molecule has 266 valence electrons. The van der Waals surface area contributed by atoms with Gasteiger partial charge in [-0.2, -0.15) is 17.8 Å². The van der Waals surface area contributed by atoms with Gasteiger partial charge in [-0.3, -0.25) is 14.6 Å². The zero-order valence-electron chi connectivity index (χ0n) is 28.6. The summed E-state index contributed by atoms with van der Waals surface area (Å²) in [4.78, 5) is 20.6. The predicted molar refractivity (Wildman–Crippen MR) is 185 cm³/mol. The molecule has 2 aliphatic heterocycles. The summed E-state index contributed by atoms with van der Waals surface area (Å²) in [5.41, 5.74) is -0.603. The minimum Gasteiger partial charge on any atom is -0.444 e. The standard InChI is InChI=1S/C35H40F3N7O4S/c1-34(2,3)49-33(46)44-17-16-42(22-35(44,4)5)25-8-9-30(28(37)20-25)45-21-27(32(40-45)23-10-12-39-13-11-23)26-18-24(36)19-29(31(26)38)41-50(47,48)43-14-6-7-15-43/h8-13,18-21,41H,6-7,14-17,22H2,1-5H3. The first-order valence-electron chi connectivity index (χ1n) is 16.4. The number of benzene rings is 2. The number of rotatable bonds is 7. The Bertz CT molecular complexity index is 2010. The summed E-state index contributed by atoms with van der Waals surface area (Å²) in [6.07, 6.45) is 5.34. The van der Waals surface area contributed by atoms with Crippen molar-refractivity contribution in [2.45, 2.75) is 58.6 Å². The molecule has 0 unspecified atom stereocenters. The van der Waals surface area contributed by atoms with Crippen molar-refractivity contribution in [2.75, 3.05) is 42.3 Å². The zero-order chi connectivity index (χ0) is 36.0. The van der Waals surface area contributed by atoms with Gasteiger partial charge in [0.2, 0.25) is 0 Å². The van der Waals surface area contributed by atoms with E-state index >= 15 is 13.2 Å². The van der Waals surface area contributed by atoms with Crippen LogP contribution < -0.4 is 9.62 Å². The van der Waals surface area contributed by atoms with E-state index in [0.717, 1.165) is 12.1 Å². The monoisotopic (exact) mass is 711 g/mol. The van der Waals surface area contributed by atoms with E-state index in [1.165, 1.54) is 33.6 Å². The highest BCUT2D eigenvalue weighted by molar-refractivity contribution is 7.90. The number of carbonyl (C=O) groups is 1. The molecule has 2 aliphatic rings. The molecule has 4 aromatic rings. The number of piperazine rings is 1. The molecular formula is C35H40F3N7O4S. The van der Waals surface area contributed by atoms with E-state index < -0.39 is 50.6 Å². The quantitative estimate of drug-likeness (QED) is 0.230. The molecule has 2 fully saturated rings. The maximum Gasteiger partial charge on any atom is 0.410 e. The van der Waals surface area contributed by atoms with Crippen LogP contribution in [-0.2, 0) is 14.9 Å². The average Bonchev–Trinajstić information content (AvgIpc) is 3.73. The molecule has 0 radical (unpaired) electrons. The van der Waals surface area contributed by atoms with Crippen LogP contribution in [0.1, 0.15) is 47.5 Å². The summed E-state index contributed by atoms with van der Waals surface area (Å²) in [6, 6.07) is 9.64. The first-order valence-corrected chi connectivity index (χ1v) is 17.8. The topological polar surface area (TPSA) is 113 Å². The lowest BCUT2D eigenvalue weighted by atomic mass is 9.98. The van der Waals surface area contributed by atoms with Gasteiger partial charge in [0.15, 0.2) is 11.6 Å². The minimum absolute atomic E-state index is 0.0497. The maximum absolute atomic E-state index is 16.1. The van der Waals surface area contributed by atoms with Gasteiger partial charge < -0.3 is 9.64 Å². The molecule has 0 atom stereocenters. The molecule has 1 N–H and O–H groups in total. The third kappa shape index (κ3) is 7.29. The molecule has 15 heteroatoms. The molecule has 0 spiro atoms. The highest BCUT2D eigenvalue weighted by atomic mass is 32.2. The highest BCUT2D eigenvalue weighted by Crippen LogP contribution is 2.38. The summed E-state index contributed by atoms with van der Waals surface area (Å²) >= 11 is 0. The fourth-order valence-corrected chi connectivity index (χ4v) is 7.61. The van der Waals surface area contributed by atoms with E-state index in [2.05, 4.69) is 14.8 Å². The van der Waals surface area contributed by atoms with Crippen LogP contribution in [0.15, 0.2) is 61.1 Å². The van der Waals surface area contributed by atoms with Crippen LogP contribution in [0.4, 0.5) is 29.3 Å². The Morgan fingerprint density at radius 2 is 1.64 bits per heavy atom. The summed E-state index contributed by atoms with van der Waals surface area (Å²) in [7, 11) is -4.12. The molecule has 2 aromatic carbocycles. The number of carbonyl (C=O) groups excluding carboxylic acids is 1. The fraction of sp³-hybridized carbons (Fsp3) is 0.400. The smallest absolute Gasteiger partial charge is 0.410 e. The Kier molecular flexibility index (Phi) is 9.33. The normalized spacial score (nSPS) is 16.9. The molecule has 0 saturated carbocycles. The number of pyridine rings is 1. The summed E-state index contributed by atoms with van der Waals surface area (Å²) in [6.45, 7) is 11.1. The van der Waals surface area contributed by atoms with E-state index in [-0.39, 0.29) is 35.6 Å². The zero-order valence-corrected chi connectivity index (χ0v) is 29.4. The Labute approximate surface area is 289 Å². The van der Waals surface area contributed by atoms with Crippen molar-refractivity contribution in [1.29, 1.82) is 0 Å². The van der Waals surface area contributed by atoms with Gasteiger partial charge in [0.25, 0.3) is 0 Å². The summed E-state index contributed by atoms with van der Waals surface area (Å²) < 4.78 is 83.3. The number of nitrogens with zero attached hydrogens (tertiary/aromatic N) is 6. The molecule has 2 aromatic heterocycles. The van der Waals surface area contributed by atoms with Crippen LogP contribution >= 0.6 is 0 Å². The number of halogens is 3. The Morgan fingerprint density at radius 3 is 2.28 bits per heavy atom. The molecular weight excluding hydrogens is 671 g/mol. The maximum atomic E-state index is 16.1. The molecule has 0 bridgehead atoms. The van der Waals surface area contributed by atoms with Crippen LogP contribution in [0.5, 0.6) is 0 Å². The fourth-order valence-electron chi connectivity index (χ4n) is 6.32. The SMILES string of the molecule is CC(C)(C)OC(=O)N1CCN(c2ccc(-n3cc(-c4cc(F)cc(NS(=O)(=O)N5CCCC5)c4F)c(-c4ccncc4)n3)c(F)c2)CC1(C)C. The van der Waals surface area contributed by atoms with E-state index in [1.807, 2.05) is 39.5 Å². The largest absolute Gasteiger partial charge is 0.444 e. The van der Waals surface area contributed by atoms with Gasteiger partial charge in [-0.25, -0.2) is 22.6 Å². The lowest BCUT2D eigenvalue weighted by Gasteiger charge is -2.47. The molecule has 11 nitrogen and oxygen atoms in total. The van der Waals surface area contributed by atoms with Gasteiger partial charge in [0, 0.05) is 79.8 Å². The van der Waals surface area contributed by atoms with E-state index in [9.17, 15) is 13.2 Å². The van der Waals surface area contributed by atoms with Gasteiger partial charge in [0.05, 0.1) is 11.2 Å². The number of hydrogen-bond donors (Lipinski definition) is 1. The van der Waals surface area contributed by atoms with Crippen molar-refractivity contribution in [2.24, 2.45) is 0 Å². The molecule has 6 rings (SSSR count). The van der Waals surface area contributed by atoms with Crippen LogP contribution in [0, 0.1) is 17.5 Å². The van der Waals surface area contributed by atoms with Crippen molar-refractivity contribution in [3.63, 3.8) is 0 Å². The summed E-state index contributed by atoms with van der Waals surface area (Å²) in [5.74, 6) is -2.50. The van der Waals surface area contributed by atoms with Crippen molar-refractivity contribution in [1.82, 2.24) is 24.0 Å². The molecule has 2 saturated heterocycles. The van der Waals surface area contributed by atoms with Crippen LogP contribution in [0.2, 0.25) is 0 Å². The predicted octanol–water partition coefficient (Wildman–Crippen LogP) is 6.61. The van der Waals surface area contributed by atoms with Crippen molar-refractivity contribution in [3.05, 3.63) is 78.5 Å². The third-order valence-electron chi connectivity index (χ3n) is 8.70. The first-order chi connectivity index (χ1) is 23.5. The van der Waals surface area contributed by atoms with Crippen molar-refractivity contribution >= 4 is 27.7 Å². The minimum atomic E-state index is -4.12.